The first-order valence-corrected chi connectivity index (χ1v) is 7.51. The molecule has 21 heavy (non-hydrogen) atoms. The maximum absolute atomic E-state index is 10.1. The summed E-state index contributed by atoms with van der Waals surface area (Å²) in [6.45, 7) is 0.816. The van der Waals surface area contributed by atoms with Crippen molar-refractivity contribution in [3.63, 3.8) is 0 Å². The number of benzene rings is 1. The molecule has 2 aromatic heterocycles. The van der Waals surface area contributed by atoms with Gasteiger partial charge >= 0.3 is 0 Å². The van der Waals surface area contributed by atoms with E-state index >= 15 is 0 Å². The maximum Gasteiger partial charge on any atom is 0.0807 e. The third-order valence-corrected chi connectivity index (χ3v) is 4.42. The van der Waals surface area contributed by atoms with E-state index < -0.39 is 0 Å². The molecular weight excluding hydrogens is 260 g/mol. The lowest BCUT2D eigenvalue weighted by Crippen LogP contribution is -2.12. The molecule has 1 aromatic carbocycles. The number of hydrogen-bond donors (Lipinski definition) is 1. The van der Waals surface area contributed by atoms with Gasteiger partial charge < -0.3 is 9.67 Å². The lowest BCUT2D eigenvalue weighted by molar-refractivity contribution is 0.156. The summed E-state index contributed by atoms with van der Waals surface area (Å²) in [5.41, 5.74) is 4.68. The maximum atomic E-state index is 10.1. The second kappa shape index (κ2) is 5.01. The van der Waals surface area contributed by atoms with Crippen LogP contribution in [0.25, 0.3) is 10.9 Å². The molecule has 4 rings (SSSR count). The van der Waals surface area contributed by atoms with Crippen molar-refractivity contribution >= 4 is 10.9 Å². The zero-order valence-electron chi connectivity index (χ0n) is 11.9. The van der Waals surface area contributed by atoms with E-state index in [0.29, 0.717) is 0 Å². The summed E-state index contributed by atoms with van der Waals surface area (Å²) >= 11 is 0. The van der Waals surface area contributed by atoms with E-state index in [0.717, 1.165) is 36.9 Å². The summed E-state index contributed by atoms with van der Waals surface area (Å²) < 4.78 is 2.27. The van der Waals surface area contributed by atoms with Gasteiger partial charge in [-0.15, -0.1) is 0 Å². The minimum Gasteiger partial charge on any atom is -0.388 e. The smallest absolute Gasteiger partial charge is 0.0807 e. The van der Waals surface area contributed by atoms with Crippen molar-refractivity contribution in [1.29, 1.82) is 0 Å². The Balaban J connectivity index is 1.76. The van der Waals surface area contributed by atoms with Crippen molar-refractivity contribution in [2.75, 3.05) is 0 Å². The van der Waals surface area contributed by atoms with E-state index in [2.05, 4.69) is 46.1 Å². The molecule has 0 spiro atoms. The Morgan fingerprint density at radius 3 is 3.05 bits per heavy atom. The first-order valence-electron chi connectivity index (χ1n) is 7.51. The van der Waals surface area contributed by atoms with E-state index in [1.54, 1.807) is 0 Å². The Morgan fingerprint density at radius 2 is 2.10 bits per heavy atom. The van der Waals surface area contributed by atoms with Gasteiger partial charge in [-0.1, -0.05) is 24.3 Å². The molecule has 0 saturated heterocycles. The number of rotatable bonds is 2. The fraction of sp³-hybridized carbons (Fsp3) is 0.278. The summed E-state index contributed by atoms with van der Waals surface area (Å²) in [4.78, 5) is 4.53. The van der Waals surface area contributed by atoms with Crippen LogP contribution < -0.4 is 0 Å². The minimum absolute atomic E-state index is 0.291. The van der Waals surface area contributed by atoms with Crippen LogP contribution in [0, 0.1) is 0 Å². The minimum atomic E-state index is -0.291. The van der Waals surface area contributed by atoms with E-state index in [1.165, 1.54) is 16.6 Å². The molecule has 3 aromatic rings. The summed E-state index contributed by atoms with van der Waals surface area (Å²) in [5, 5.41) is 11.3. The van der Waals surface area contributed by atoms with Crippen LogP contribution in [-0.2, 0) is 13.0 Å². The molecule has 106 valence electrons. The topological polar surface area (TPSA) is 38.0 Å². The van der Waals surface area contributed by atoms with E-state index in [-0.39, 0.29) is 6.10 Å². The summed E-state index contributed by atoms with van der Waals surface area (Å²) in [5.74, 6) is 0. The molecule has 3 heteroatoms. The Bertz CT molecular complexity index is 786. The average molecular weight is 278 g/mol. The molecule has 1 aliphatic carbocycles. The molecule has 1 atom stereocenters. The molecule has 1 aliphatic rings. The number of aliphatic hydroxyl groups is 1. The third kappa shape index (κ3) is 2.14. The van der Waals surface area contributed by atoms with E-state index in [9.17, 15) is 5.11 Å². The molecule has 0 radical (unpaired) electrons. The fourth-order valence-corrected chi connectivity index (χ4v) is 3.36. The Hall–Kier alpha value is -2.13. The zero-order valence-corrected chi connectivity index (χ0v) is 11.9. The first kappa shape index (κ1) is 12.6. The molecule has 0 amide bonds. The van der Waals surface area contributed by atoms with Gasteiger partial charge in [0.1, 0.15) is 0 Å². The Morgan fingerprint density at radius 1 is 1.19 bits per heavy atom. The average Bonchev–Trinajstić information content (AvgIpc) is 2.92. The summed E-state index contributed by atoms with van der Waals surface area (Å²) in [6, 6.07) is 12.5. The third-order valence-electron chi connectivity index (χ3n) is 4.42. The van der Waals surface area contributed by atoms with Crippen LogP contribution in [-0.4, -0.2) is 14.7 Å². The lowest BCUT2D eigenvalue weighted by atomic mass is 9.95. The molecular formula is C18H18N2O. The van der Waals surface area contributed by atoms with Gasteiger partial charge in [-0.05, 0) is 37.0 Å². The number of para-hydroxylation sites is 1. The molecule has 0 bridgehead atoms. The van der Waals surface area contributed by atoms with Gasteiger partial charge in [0.25, 0.3) is 0 Å². The van der Waals surface area contributed by atoms with Gasteiger partial charge in [0.05, 0.1) is 11.6 Å². The zero-order chi connectivity index (χ0) is 14.2. The van der Waals surface area contributed by atoms with Crippen LogP contribution in [0.15, 0.2) is 48.8 Å². The van der Waals surface area contributed by atoms with Crippen molar-refractivity contribution in [2.45, 2.75) is 31.9 Å². The normalized spacial score (nSPS) is 17.9. The monoisotopic (exact) mass is 278 g/mol. The van der Waals surface area contributed by atoms with Crippen molar-refractivity contribution in [3.05, 3.63) is 65.6 Å². The fourth-order valence-electron chi connectivity index (χ4n) is 3.36. The Kier molecular flexibility index (Phi) is 3.00. The number of fused-ring (bicyclic) bond motifs is 2. The highest BCUT2D eigenvalue weighted by Crippen LogP contribution is 2.31. The van der Waals surface area contributed by atoms with Crippen molar-refractivity contribution in [2.24, 2.45) is 0 Å². The van der Waals surface area contributed by atoms with Gasteiger partial charge in [-0.2, -0.15) is 0 Å². The number of pyridine rings is 1. The van der Waals surface area contributed by atoms with Gasteiger partial charge in [-0.25, -0.2) is 0 Å². The van der Waals surface area contributed by atoms with Crippen molar-refractivity contribution < 1.29 is 5.11 Å². The van der Waals surface area contributed by atoms with Gasteiger partial charge in [-0.3, -0.25) is 4.98 Å². The quantitative estimate of drug-likeness (QED) is 0.779. The summed E-state index contributed by atoms with van der Waals surface area (Å²) in [6.07, 6.45) is 6.65. The molecule has 1 unspecified atom stereocenters. The van der Waals surface area contributed by atoms with E-state index in [1.807, 2.05) is 12.3 Å². The molecule has 0 fully saturated rings. The van der Waals surface area contributed by atoms with Crippen LogP contribution in [0.3, 0.4) is 0 Å². The predicted octanol–water partition coefficient (Wildman–Crippen LogP) is 3.45. The first-order chi connectivity index (χ1) is 10.3. The second-order valence-corrected chi connectivity index (χ2v) is 5.75. The number of aromatic nitrogens is 2. The molecule has 1 N–H and O–H groups in total. The molecule has 3 nitrogen and oxygen atoms in total. The van der Waals surface area contributed by atoms with Gasteiger partial charge in [0, 0.05) is 35.6 Å². The van der Waals surface area contributed by atoms with E-state index in [4.69, 9.17) is 0 Å². The second-order valence-electron chi connectivity index (χ2n) is 5.75. The van der Waals surface area contributed by atoms with Crippen molar-refractivity contribution in [3.8, 4) is 0 Å². The largest absolute Gasteiger partial charge is 0.388 e. The van der Waals surface area contributed by atoms with Crippen LogP contribution in [0.4, 0.5) is 0 Å². The highest BCUT2D eigenvalue weighted by molar-refractivity contribution is 5.81. The number of aliphatic hydroxyl groups excluding tert-OH is 1. The number of nitrogens with zero attached hydrogens (tertiary/aromatic N) is 2. The lowest BCUT2D eigenvalue weighted by Gasteiger charge is -2.20. The highest BCUT2D eigenvalue weighted by Gasteiger charge is 2.21. The van der Waals surface area contributed by atoms with Crippen LogP contribution in [0.1, 0.15) is 35.8 Å². The van der Waals surface area contributed by atoms with Gasteiger partial charge in [0.15, 0.2) is 0 Å². The van der Waals surface area contributed by atoms with Crippen LogP contribution in [0.5, 0.6) is 0 Å². The molecule has 0 saturated carbocycles. The Labute approximate surface area is 123 Å². The predicted molar refractivity (Wildman–Crippen MR) is 83.2 cm³/mol. The summed E-state index contributed by atoms with van der Waals surface area (Å²) in [7, 11) is 0. The number of hydrogen-bond acceptors (Lipinski definition) is 2. The standard InChI is InChI=1S/C18H18N2O/c21-17-8-2-7-16-15(17)9-11-20(16)12-14-5-1-4-13-6-3-10-19-18(13)14/h1,3-6,9-11,17,21H,2,7-8,12H2. The SMILES string of the molecule is OC1CCCc2c1ccn2Cc1cccc2cccnc12. The van der Waals surface area contributed by atoms with Crippen LogP contribution in [0.2, 0.25) is 0 Å². The molecule has 0 aliphatic heterocycles. The van der Waals surface area contributed by atoms with Crippen molar-refractivity contribution in [1.82, 2.24) is 9.55 Å². The van der Waals surface area contributed by atoms with Crippen LogP contribution >= 0.6 is 0 Å². The molecule has 2 heterocycles. The highest BCUT2D eigenvalue weighted by atomic mass is 16.3. The van der Waals surface area contributed by atoms with Gasteiger partial charge in [0.2, 0.25) is 0 Å².